The lowest BCUT2D eigenvalue weighted by molar-refractivity contribution is -0.117. The monoisotopic (exact) mass is 226 g/mol. The molecule has 0 bridgehead atoms. The summed E-state index contributed by atoms with van der Waals surface area (Å²) in [5.74, 6) is 0.150. The van der Waals surface area contributed by atoms with Gasteiger partial charge in [-0.3, -0.25) is 4.79 Å². The van der Waals surface area contributed by atoms with E-state index < -0.39 is 0 Å². The first-order valence-electron chi connectivity index (χ1n) is 4.86. The zero-order valence-electron chi connectivity index (χ0n) is 8.69. The van der Waals surface area contributed by atoms with Crippen molar-refractivity contribution < 1.29 is 4.79 Å². The molecule has 1 aliphatic heterocycles. The van der Waals surface area contributed by atoms with E-state index in [2.05, 4.69) is 11.4 Å². The van der Waals surface area contributed by atoms with Gasteiger partial charge in [-0.05, 0) is 25.1 Å². The van der Waals surface area contributed by atoms with Crippen LogP contribution in [-0.2, 0) is 11.2 Å². The van der Waals surface area contributed by atoms with E-state index in [-0.39, 0.29) is 18.3 Å². The van der Waals surface area contributed by atoms with Gasteiger partial charge in [-0.15, -0.1) is 12.4 Å². The average Bonchev–Trinajstić information content (AvgIpc) is 2.61. The number of hydrogen-bond donors (Lipinski definition) is 1. The maximum absolute atomic E-state index is 11.7. The Morgan fingerprint density at radius 1 is 1.47 bits per heavy atom. The summed E-state index contributed by atoms with van der Waals surface area (Å²) in [6, 6.07) is 8.09. The minimum atomic E-state index is 0. The van der Waals surface area contributed by atoms with Gasteiger partial charge in [0.15, 0.2) is 0 Å². The highest BCUT2D eigenvalue weighted by molar-refractivity contribution is 5.96. The Labute approximate surface area is 95.9 Å². The quantitative estimate of drug-likeness (QED) is 0.823. The molecule has 15 heavy (non-hydrogen) atoms. The van der Waals surface area contributed by atoms with E-state index in [0.717, 1.165) is 18.7 Å². The number of fused-ring (bicyclic) bond motifs is 1. The fourth-order valence-electron chi connectivity index (χ4n) is 1.84. The number of hydrogen-bond acceptors (Lipinski definition) is 2. The molecule has 0 atom stereocenters. The molecule has 0 aromatic heterocycles. The number of rotatable bonds is 2. The van der Waals surface area contributed by atoms with Crippen LogP contribution in [0.15, 0.2) is 24.3 Å². The van der Waals surface area contributed by atoms with Gasteiger partial charge >= 0.3 is 0 Å². The van der Waals surface area contributed by atoms with Crippen LogP contribution in [0.1, 0.15) is 5.56 Å². The van der Waals surface area contributed by atoms with Crippen LogP contribution in [0.4, 0.5) is 5.69 Å². The number of para-hydroxylation sites is 1. The summed E-state index contributed by atoms with van der Waals surface area (Å²) in [6.45, 7) is 1.23. The van der Waals surface area contributed by atoms with Gasteiger partial charge in [0.05, 0.1) is 6.54 Å². The van der Waals surface area contributed by atoms with Crippen molar-refractivity contribution in [3.05, 3.63) is 29.8 Å². The molecule has 2 rings (SSSR count). The minimum absolute atomic E-state index is 0. The zero-order chi connectivity index (χ0) is 9.97. The van der Waals surface area contributed by atoms with Crippen molar-refractivity contribution in [3.63, 3.8) is 0 Å². The van der Waals surface area contributed by atoms with E-state index in [1.807, 2.05) is 23.1 Å². The summed E-state index contributed by atoms with van der Waals surface area (Å²) in [4.78, 5) is 13.5. The Kier molecular flexibility index (Phi) is 4.12. The summed E-state index contributed by atoms with van der Waals surface area (Å²) in [6.07, 6.45) is 0.978. The van der Waals surface area contributed by atoms with Crippen LogP contribution < -0.4 is 10.2 Å². The second-order valence-corrected chi connectivity index (χ2v) is 3.45. The number of anilines is 1. The normalized spacial score (nSPS) is 13.3. The third kappa shape index (κ3) is 2.30. The number of halogens is 1. The van der Waals surface area contributed by atoms with Crippen molar-refractivity contribution in [2.75, 3.05) is 25.0 Å². The first kappa shape index (κ1) is 12.0. The minimum Gasteiger partial charge on any atom is -0.311 e. The molecule has 0 saturated carbocycles. The van der Waals surface area contributed by atoms with E-state index >= 15 is 0 Å². The van der Waals surface area contributed by atoms with E-state index in [1.54, 1.807) is 7.05 Å². The Balaban J connectivity index is 0.00000112. The van der Waals surface area contributed by atoms with Gasteiger partial charge in [-0.25, -0.2) is 0 Å². The van der Waals surface area contributed by atoms with Crippen LogP contribution in [0.25, 0.3) is 0 Å². The van der Waals surface area contributed by atoms with Crippen molar-refractivity contribution in [1.29, 1.82) is 0 Å². The van der Waals surface area contributed by atoms with Crippen molar-refractivity contribution in [2.24, 2.45) is 0 Å². The maximum Gasteiger partial charge on any atom is 0.240 e. The molecular weight excluding hydrogens is 212 g/mol. The molecule has 1 aromatic carbocycles. The smallest absolute Gasteiger partial charge is 0.240 e. The van der Waals surface area contributed by atoms with Gasteiger partial charge in [-0.2, -0.15) is 0 Å². The second-order valence-electron chi connectivity index (χ2n) is 3.45. The molecule has 4 heteroatoms. The Bertz CT molecular complexity index is 354. The zero-order valence-corrected chi connectivity index (χ0v) is 9.51. The van der Waals surface area contributed by atoms with Crippen molar-refractivity contribution in [3.8, 4) is 0 Å². The van der Waals surface area contributed by atoms with Crippen LogP contribution in [0.3, 0.4) is 0 Å². The molecule has 1 amide bonds. The number of benzene rings is 1. The van der Waals surface area contributed by atoms with E-state index in [4.69, 9.17) is 0 Å². The third-order valence-electron chi connectivity index (χ3n) is 2.52. The highest BCUT2D eigenvalue weighted by atomic mass is 35.5. The van der Waals surface area contributed by atoms with Crippen LogP contribution in [0, 0.1) is 0 Å². The molecule has 0 spiro atoms. The van der Waals surface area contributed by atoms with Crippen molar-refractivity contribution >= 4 is 24.0 Å². The topological polar surface area (TPSA) is 32.3 Å². The Morgan fingerprint density at radius 2 is 2.20 bits per heavy atom. The molecule has 1 aliphatic rings. The summed E-state index contributed by atoms with van der Waals surface area (Å²) < 4.78 is 0. The molecule has 1 heterocycles. The van der Waals surface area contributed by atoms with Crippen LogP contribution >= 0.6 is 12.4 Å². The molecule has 0 saturated heterocycles. The lowest BCUT2D eigenvalue weighted by Crippen LogP contribution is -2.35. The summed E-state index contributed by atoms with van der Waals surface area (Å²) >= 11 is 0. The molecule has 3 nitrogen and oxygen atoms in total. The molecule has 1 N–H and O–H groups in total. The molecule has 1 aromatic rings. The fraction of sp³-hybridized carbons (Fsp3) is 0.364. The Morgan fingerprint density at radius 3 is 2.93 bits per heavy atom. The van der Waals surface area contributed by atoms with Crippen molar-refractivity contribution in [2.45, 2.75) is 6.42 Å². The predicted octanol–water partition coefficient (Wildman–Crippen LogP) is 1.22. The first-order valence-corrected chi connectivity index (χ1v) is 4.86. The number of nitrogens with zero attached hydrogens (tertiary/aromatic N) is 1. The number of carbonyl (C=O) groups is 1. The van der Waals surface area contributed by atoms with Gasteiger partial charge in [0, 0.05) is 12.2 Å². The third-order valence-corrected chi connectivity index (χ3v) is 2.52. The van der Waals surface area contributed by atoms with Gasteiger partial charge in [0.1, 0.15) is 0 Å². The lowest BCUT2D eigenvalue weighted by atomic mass is 10.2. The molecular formula is C11H15ClN2O. The molecule has 0 aliphatic carbocycles. The highest BCUT2D eigenvalue weighted by Gasteiger charge is 2.22. The fourth-order valence-corrected chi connectivity index (χ4v) is 1.84. The molecule has 0 radical (unpaired) electrons. The van der Waals surface area contributed by atoms with Gasteiger partial charge in [-0.1, -0.05) is 18.2 Å². The van der Waals surface area contributed by atoms with Gasteiger partial charge in [0.2, 0.25) is 5.91 Å². The Hall–Kier alpha value is -1.06. The number of amides is 1. The molecule has 82 valence electrons. The summed E-state index contributed by atoms with van der Waals surface area (Å²) in [7, 11) is 1.79. The SMILES string of the molecule is CNCC(=O)N1CCc2ccccc21.Cl. The predicted molar refractivity (Wildman–Crippen MR) is 63.7 cm³/mol. The van der Waals surface area contributed by atoms with Crippen LogP contribution in [-0.4, -0.2) is 26.0 Å². The first-order chi connectivity index (χ1) is 6.83. The number of carbonyl (C=O) groups excluding carboxylic acids is 1. The second kappa shape index (κ2) is 5.14. The summed E-state index contributed by atoms with van der Waals surface area (Å²) in [5.41, 5.74) is 2.35. The maximum atomic E-state index is 11.7. The van der Waals surface area contributed by atoms with Crippen molar-refractivity contribution in [1.82, 2.24) is 5.32 Å². The number of likely N-dealkylation sites (N-methyl/N-ethyl adjacent to an activating group) is 1. The largest absolute Gasteiger partial charge is 0.311 e. The molecule has 0 fully saturated rings. The lowest BCUT2D eigenvalue weighted by Gasteiger charge is -2.16. The summed E-state index contributed by atoms with van der Waals surface area (Å²) in [5, 5.41) is 2.88. The van der Waals surface area contributed by atoms with Crippen LogP contribution in [0.2, 0.25) is 0 Å². The molecule has 0 unspecified atom stereocenters. The van der Waals surface area contributed by atoms with E-state index in [0.29, 0.717) is 6.54 Å². The standard InChI is InChI=1S/C11H14N2O.ClH/c1-12-8-11(14)13-7-6-9-4-2-3-5-10(9)13;/h2-5,12H,6-8H2,1H3;1H. The van der Waals surface area contributed by atoms with Crippen LogP contribution in [0.5, 0.6) is 0 Å². The van der Waals surface area contributed by atoms with E-state index in [9.17, 15) is 4.79 Å². The highest BCUT2D eigenvalue weighted by Crippen LogP contribution is 2.26. The average molecular weight is 227 g/mol. The number of nitrogens with one attached hydrogen (secondary N) is 1. The van der Waals surface area contributed by atoms with Gasteiger partial charge < -0.3 is 10.2 Å². The van der Waals surface area contributed by atoms with E-state index in [1.165, 1.54) is 5.56 Å². The van der Waals surface area contributed by atoms with Gasteiger partial charge in [0.25, 0.3) is 0 Å².